The summed E-state index contributed by atoms with van der Waals surface area (Å²) in [5.74, 6) is 0.738. The van der Waals surface area contributed by atoms with E-state index in [4.69, 9.17) is 9.47 Å². The molecule has 100 valence electrons. The minimum Gasteiger partial charge on any atom is -0.496 e. The molecule has 0 radical (unpaired) electrons. The molecule has 1 N–H and O–H groups in total. The van der Waals surface area contributed by atoms with Crippen molar-refractivity contribution in [1.29, 1.82) is 0 Å². The Hall–Kier alpha value is -1.13. The highest BCUT2D eigenvalue weighted by Gasteiger charge is 2.23. The molecule has 1 atom stereocenters. The van der Waals surface area contributed by atoms with Gasteiger partial charge in [0.25, 0.3) is 0 Å². The second-order valence-corrected chi connectivity index (χ2v) is 4.66. The molecule has 2 rings (SSSR count). The van der Waals surface area contributed by atoms with E-state index in [1.54, 1.807) is 20.3 Å². The first kappa shape index (κ1) is 13.3. The molecule has 1 aliphatic heterocycles. The molecule has 0 aromatic heterocycles. The molecule has 0 spiro atoms. The number of hydrogen-bond donors (Lipinski definition) is 1. The predicted octanol–water partition coefficient (Wildman–Crippen LogP) is 2.45. The van der Waals surface area contributed by atoms with Crippen LogP contribution in [0.25, 0.3) is 0 Å². The first-order chi connectivity index (χ1) is 8.76. The lowest BCUT2D eigenvalue weighted by atomic mass is 9.87. The van der Waals surface area contributed by atoms with Gasteiger partial charge in [0.05, 0.1) is 13.7 Å². The number of halogens is 1. The average molecular weight is 253 g/mol. The van der Waals surface area contributed by atoms with Gasteiger partial charge in [0, 0.05) is 31.2 Å². The van der Waals surface area contributed by atoms with Gasteiger partial charge in [-0.1, -0.05) is 0 Å². The molecule has 1 fully saturated rings. The standard InChI is InChI=1S/C14H20FNO2/c1-17-9-11-6-12(15)7-13(18-2)14(11)10-4-3-5-16-8-10/h6-7,10,16H,3-5,8-9H2,1-2H3. The molecule has 3 nitrogen and oxygen atoms in total. The molecule has 0 amide bonds. The topological polar surface area (TPSA) is 30.5 Å². The highest BCUT2D eigenvalue weighted by atomic mass is 19.1. The normalized spacial score (nSPS) is 19.8. The largest absolute Gasteiger partial charge is 0.496 e. The minimum absolute atomic E-state index is 0.272. The maximum atomic E-state index is 13.5. The van der Waals surface area contributed by atoms with Gasteiger partial charge in [0.2, 0.25) is 0 Å². The number of rotatable bonds is 4. The van der Waals surface area contributed by atoms with Gasteiger partial charge in [0.15, 0.2) is 0 Å². The third-order valence-electron chi connectivity index (χ3n) is 3.42. The fourth-order valence-electron chi connectivity index (χ4n) is 2.65. The highest BCUT2D eigenvalue weighted by molar-refractivity contribution is 5.43. The van der Waals surface area contributed by atoms with Crippen molar-refractivity contribution in [3.05, 3.63) is 29.1 Å². The molecule has 1 saturated heterocycles. The van der Waals surface area contributed by atoms with Crippen LogP contribution in [0.15, 0.2) is 12.1 Å². The lowest BCUT2D eigenvalue weighted by Gasteiger charge is -2.27. The van der Waals surface area contributed by atoms with Crippen molar-refractivity contribution >= 4 is 0 Å². The minimum atomic E-state index is -0.272. The number of benzene rings is 1. The Morgan fingerprint density at radius 3 is 2.83 bits per heavy atom. The van der Waals surface area contributed by atoms with Crippen molar-refractivity contribution in [2.45, 2.75) is 25.4 Å². The molecular formula is C14H20FNO2. The predicted molar refractivity (Wildman–Crippen MR) is 68.5 cm³/mol. The van der Waals surface area contributed by atoms with Crippen LogP contribution in [0.4, 0.5) is 4.39 Å². The SMILES string of the molecule is COCc1cc(F)cc(OC)c1C1CCCNC1. The van der Waals surface area contributed by atoms with Crippen molar-refractivity contribution in [2.75, 3.05) is 27.3 Å². The van der Waals surface area contributed by atoms with Crippen molar-refractivity contribution in [2.24, 2.45) is 0 Å². The molecule has 0 saturated carbocycles. The molecule has 1 unspecified atom stereocenters. The van der Waals surface area contributed by atoms with Gasteiger partial charge < -0.3 is 14.8 Å². The molecule has 18 heavy (non-hydrogen) atoms. The van der Waals surface area contributed by atoms with Crippen LogP contribution in [-0.4, -0.2) is 27.3 Å². The fraction of sp³-hybridized carbons (Fsp3) is 0.571. The summed E-state index contributed by atoms with van der Waals surface area (Å²) in [5, 5.41) is 3.38. The number of methoxy groups -OCH3 is 2. The molecule has 1 aliphatic rings. The summed E-state index contributed by atoms with van der Waals surface area (Å²) in [6.45, 7) is 2.39. The van der Waals surface area contributed by atoms with Crippen molar-refractivity contribution in [3.63, 3.8) is 0 Å². The Labute approximate surface area is 107 Å². The summed E-state index contributed by atoms with van der Waals surface area (Å²) in [6, 6.07) is 3.01. The summed E-state index contributed by atoms with van der Waals surface area (Å²) in [7, 11) is 3.21. The van der Waals surface area contributed by atoms with E-state index in [0.717, 1.165) is 37.1 Å². The van der Waals surface area contributed by atoms with E-state index in [-0.39, 0.29) is 5.82 Å². The number of hydrogen-bond acceptors (Lipinski definition) is 3. The van der Waals surface area contributed by atoms with Gasteiger partial charge >= 0.3 is 0 Å². The summed E-state index contributed by atoms with van der Waals surface area (Å²) >= 11 is 0. The lowest BCUT2D eigenvalue weighted by Crippen LogP contribution is -2.29. The number of piperidine rings is 1. The van der Waals surface area contributed by atoms with Crippen LogP contribution in [0.3, 0.4) is 0 Å². The Bertz CT molecular complexity index is 403. The van der Waals surface area contributed by atoms with Gasteiger partial charge in [-0.15, -0.1) is 0 Å². The average Bonchev–Trinajstić information content (AvgIpc) is 2.39. The van der Waals surface area contributed by atoms with Crippen molar-refractivity contribution in [1.82, 2.24) is 5.32 Å². The van der Waals surface area contributed by atoms with E-state index >= 15 is 0 Å². The Morgan fingerprint density at radius 2 is 2.22 bits per heavy atom. The first-order valence-corrected chi connectivity index (χ1v) is 6.32. The lowest BCUT2D eigenvalue weighted by molar-refractivity contribution is 0.182. The maximum absolute atomic E-state index is 13.5. The van der Waals surface area contributed by atoms with Crippen LogP contribution in [0.1, 0.15) is 29.9 Å². The molecule has 4 heteroatoms. The van der Waals surface area contributed by atoms with E-state index in [1.165, 1.54) is 6.07 Å². The van der Waals surface area contributed by atoms with Crippen LogP contribution >= 0.6 is 0 Å². The molecule has 1 aromatic carbocycles. The molecular weight excluding hydrogens is 233 g/mol. The monoisotopic (exact) mass is 253 g/mol. The number of nitrogens with one attached hydrogen (secondary N) is 1. The zero-order chi connectivity index (χ0) is 13.0. The number of ether oxygens (including phenoxy) is 2. The van der Waals surface area contributed by atoms with E-state index in [2.05, 4.69) is 5.32 Å². The smallest absolute Gasteiger partial charge is 0.127 e. The van der Waals surface area contributed by atoms with Crippen LogP contribution in [0.5, 0.6) is 5.75 Å². The zero-order valence-electron chi connectivity index (χ0n) is 11.0. The maximum Gasteiger partial charge on any atom is 0.127 e. The second-order valence-electron chi connectivity index (χ2n) is 4.66. The molecule has 0 aliphatic carbocycles. The fourth-order valence-corrected chi connectivity index (χ4v) is 2.65. The van der Waals surface area contributed by atoms with Gasteiger partial charge in [-0.05, 0) is 31.0 Å². The Kier molecular flexibility index (Phi) is 4.55. The van der Waals surface area contributed by atoms with Gasteiger partial charge in [-0.3, -0.25) is 0 Å². The van der Waals surface area contributed by atoms with Crippen LogP contribution < -0.4 is 10.1 Å². The Morgan fingerprint density at radius 1 is 1.39 bits per heavy atom. The second kappa shape index (κ2) is 6.16. The summed E-state index contributed by atoms with van der Waals surface area (Å²) < 4.78 is 24.0. The van der Waals surface area contributed by atoms with Crippen LogP contribution in [0, 0.1) is 5.82 Å². The van der Waals surface area contributed by atoms with Crippen molar-refractivity contribution < 1.29 is 13.9 Å². The molecule has 1 heterocycles. The van der Waals surface area contributed by atoms with E-state index in [0.29, 0.717) is 18.3 Å². The van der Waals surface area contributed by atoms with Crippen LogP contribution in [0.2, 0.25) is 0 Å². The highest BCUT2D eigenvalue weighted by Crippen LogP contribution is 2.35. The molecule has 0 bridgehead atoms. The van der Waals surface area contributed by atoms with E-state index < -0.39 is 0 Å². The van der Waals surface area contributed by atoms with E-state index in [1.807, 2.05) is 0 Å². The Balaban J connectivity index is 2.39. The third-order valence-corrected chi connectivity index (χ3v) is 3.42. The van der Waals surface area contributed by atoms with Crippen LogP contribution in [-0.2, 0) is 11.3 Å². The van der Waals surface area contributed by atoms with Gasteiger partial charge in [-0.25, -0.2) is 4.39 Å². The summed E-state index contributed by atoms with van der Waals surface area (Å²) in [4.78, 5) is 0. The quantitative estimate of drug-likeness (QED) is 0.894. The zero-order valence-corrected chi connectivity index (χ0v) is 11.0. The van der Waals surface area contributed by atoms with Crippen molar-refractivity contribution in [3.8, 4) is 5.75 Å². The van der Waals surface area contributed by atoms with E-state index in [9.17, 15) is 4.39 Å². The van der Waals surface area contributed by atoms with Gasteiger partial charge in [-0.2, -0.15) is 0 Å². The third kappa shape index (κ3) is 2.82. The first-order valence-electron chi connectivity index (χ1n) is 6.32. The molecule has 1 aromatic rings. The summed E-state index contributed by atoms with van der Waals surface area (Å²) in [5.41, 5.74) is 1.98. The van der Waals surface area contributed by atoms with Gasteiger partial charge in [0.1, 0.15) is 11.6 Å². The summed E-state index contributed by atoms with van der Waals surface area (Å²) in [6.07, 6.45) is 2.24.